The van der Waals surface area contributed by atoms with Gasteiger partial charge in [0.2, 0.25) is 0 Å². The lowest BCUT2D eigenvalue weighted by molar-refractivity contribution is -0.175. The third-order valence-corrected chi connectivity index (χ3v) is 3.55. The van der Waals surface area contributed by atoms with Gasteiger partial charge < -0.3 is 14.2 Å². The Kier molecular flexibility index (Phi) is 2.04. The van der Waals surface area contributed by atoms with Crippen LogP contribution in [0.2, 0.25) is 0 Å². The van der Waals surface area contributed by atoms with Crippen LogP contribution < -0.4 is 0 Å². The van der Waals surface area contributed by atoms with Crippen molar-refractivity contribution in [2.75, 3.05) is 13.7 Å². The van der Waals surface area contributed by atoms with Crippen LogP contribution in [0.3, 0.4) is 0 Å². The molecule has 0 aromatic carbocycles. The molecule has 0 spiro atoms. The van der Waals surface area contributed by atoms with Gasteiger partial charge in [0.1, 0.15) is 6.10 Å². The number of esters is 2. The van der Waals surface area contributed by atoms with Gasteiger partial charge in [-0.3, -0.25) is 4.79 Å². The van der Waals surface area contributed by atoms with Crippen molar-refractivity contribution in [1.82, 2.24) is 0 Å². The molecule has 3 heterocycles. The first-order valence-corrected chi connectivity index (χ1v) is 5.34. The van der Waals surface area contributed by atoms with Gasteiger partial charge in [-0.15, -0.1) is 0 Å². The van der Waals surface area contributed by atoms with Crippen LogP contribution in [0, 0.1) is 11.8 Å². The highest BCUT2D eigenvalue weighted by molar-refractivity contribution is 5.94. The number of carbonyl (C=O) groups is 2. The summed E-state index contributed by atoms with van der Waals surface area (Å²) in [5, 5.41) is 0. The minimum atomic E-state index is -0.572. The van der Waals surface area contributed by atoms with Crippen molar-refractivity contribution in [2.45, 2.75) is 18.6 Å². The van der Waals surface area contributed by atoms with Crippen LogP contribution in [0.15, 0.2) is 11.6 Å². The zero-order valence-electron chi connectivity index (χ0n) is 8.84. The summed E-state index contributed by atoms with van der Waals surface area (Å²) in [6, 6.07) is 0. The minimum Gasteiger partial charge on any atom is -0.466 e. The van der Waals surface area contributed by atoms with Crippen LogP contribution in [0.5, 0.6) is 0 Å². The molecule has 0 amide bonds. The molecule has 5 heteroatoms. The Morgan fingerprint density at radius 1 is 1.56 bits per heavy atom. The molecular formula is C11H12O5. The monoisotopic (exact) mass is 224 g/mol. The molecule has 86 valence electrons. The fourth-order valence-corrected chi connectivity index (χ4v) is 2.79. The Morgan fingerprint density at radius 2 is 2.38 bits per heavy atom. The summed E-state index contributed by atoms with van der Waals surface area (Å²) in [5.41, 5.74) is 0.426. The van der Waals surface area contributed by atoms with Gasteiger partial charge in [0.15, 0.2) is 6.10 Å². The van der Waals surface area contributed by atoms with E-state index in [1.54, 1.807) is 6.08 Å². The Morgan fingerprint density at radius 3 is 3.12 bits per heavy atom. The van der Waals surface area contributed by atoms with E-state index in [4.69, 9.17) is 9.47 Å². The second-order valence-corrected chi connectivity index (χ2v) is 4.28. The molecule has 3 aliphatic heterocycles. The predicted octanol–water partition coefficient (Wildman–Crippen LogP) is 0.0461. The summed E-state index contributed by atoms with van der Waals surface area (Å²) in [5.74, 6) is -0.855. The summed E-state index contributed by atoms with van der Waals surface area (Å²) in [6.07, 6.45) is 1.81. The fourth-order valence-electron chi connectivity index (χ4n) is 2.79. The lowest BCUT2D eigenvalue weighted by Crippen LogP contribution is -2.52. The van der Waals surface area contributed by atoms with Gasteiger partial charge in [-0.2, -0.15) is 0 Å². The van der Waals surface area contributed by atoms with Gasteiger partial charge in [0.25, 0.3) is 0 Å². The van der Waals surface area contributed by atoms with E-state index in [2.05, 4.69) is 4.74 Å². The standard InChI is InChI=1S/C11H12O5/c1-14-10(12)7-4-6-5-2-3-15-8(5)9(7)16-11(6)13/h4-6,8-9H,2-3H2,1H3/t5-,6+,8-,9-/m1/s1. The van der Waals surface area contributed by atoms with Gasteiger partial charge in [-0.05, 0) is 6.42 Å². The number of ether oxygens (including phenoxy) is 3. The molecule has 2 fully saturated rings. The van der Waals surface area contributed by atoms with E-state index in [-0.39, 0.29) is 23.9 Å². The van der Waals surface area contributed by atoms with Crippen LogP contribution in [0.1, 0.15) is 6.42 Å². The minimum absolute atomic E-state index is 0.165. The Labute approximate surface area is 92.3 Å². The molecule has 1 aliphatic carbocycles. The maximum absolute atomic E-state index is 11.6. The summed E-state index contributed by atoms with van der Waals surface area (Å²) in [7, 11) is 1.32. The number of hydrogen-bond acceptors (Lipinski definition) is 5. The third kappa shape index (κ3) is 1.15. The number of methoxy groups -OCH3 is 1. The molecular weight excluding hydrogens is 212 g/mol. The molecule has 5 nitrogen and oxygen atoms in total. The molecule has 4 rings (SSSR count). The number of carbonyl (C=O) groups excluding carboxylic acids is 2. The fraction of sp³-hybridized carbons (Fsp3) is 0.636. The van der Waals surface area contributed by atoms with Crippen LogP contribution >= 0.6 is 0 Å². The molecule has 0 aromatic rings. The van der Waals surface area contributed by atoms with Gasteiger partial charge in [0, 0.05) is 12.5 Å². The summed E-state index contributed by atoms with van der Waals surface area (Å²) in [4.78, 5) is 23.1. The van der Waals surface area contributed by atoms with Crippen LogP contribution in [-0.2, 0) is 23.8 Å². The van der Waals surface area contributed by atoms with E-state index >= 15 is 0 Å². The number of fused-ring (bicyclic) bond motifs is 1. The van der Waals surface area contributed by atoms with Crippen molar-refractivity contribution in [3.05, 3.63) is 11.6 Å². The van der Waals surface area contributed by atoms with Crippen molar-refractivity contribution in [2.24, 2.45) is 11.8 Å². The average Bonchev–Trinajstić information content (AvgIpc) is 2.78. The molecule has 0 aromatic heterocycles. The number of hydrogen-bond donors (Lipinski definition) is 0. The Balaban J connectivity index is 1.99. The van der Waals surface area contributed by atoms with E-state index in [0.29, 0.717) is 12.2 Å². The second-order valence-electron chi connectivity index (χ2n) is 4.28. The topological polar surface area (TPSA) is 61.8 Å². The van der Waals surface area contributed by atoms with E-state index in [0.717, 1.165) is 6.42 Å². The van der Waals surface area contributed by atoms with E-state index < -0.39 is 12.1 Å². The van der Waals surface area contributed by atoms with Gasteiger partial charge in [-0.25, -0.2) is 4.79 Å². The normalized spacial score (nSPS) is 40.1. The summed E-state index contributed by atoms with van der Waals surface area (Å²) >= 11 is 0. The van der Waals surface area contributed by atoms with Crippen LogP contribution in [-0.4, -0.2) is 37.9 Å². The quantitative estimate of drug-likeness (QED) is 0.589. The highest BCUT2D eigenvalue weighted by atomic mass is 16.6. The predicted molar refractivity (Wildman–Crippen MR) is 51.3 cm³/mol. The SMILES string of the molecule is COC(=O)C1=C[C@@H]2C(=O)O[C@H]1[C@@H]1OCC[C@@H]12. The molecule has 0 saturated carbocycles. The molecule has 2 saturated heterocycles. The highest BCUT2D eigenvalue weighted by Crippen LogP contribution is 2.44. The van der Waals surface area contributed by atoms with Crippen molar-refractivity contribution in [3.63, 3.8) is 0 Å². The summed E-state index contributed by atoms with van der Waals surface area (Å²) < 4.78 is 15.4. The first-order chi connectivity index (χ1) is 7.72. The third-order valence-electron chi connectivity index (χ3n) is 3.55. The zero-order chi connectivity index (χ0) is 11.3. The van der Waals surface area contributed by atoms with Gasteiger partial charge in [0.05, 0.1) is 18.6 Å². The van der Waals surface area contributed by atoms with Gasteiger partial charge >= 0.3 is 11.9 Å². The maximum Gasteiger partial charge on any atom is 0.337 e. The first kappa shape index (κ1) is 9.84. The van der Waals surface area contributed by atoms with Crippen molar-refractivity contribution in [1.29, 1.82) is 0 Å². The average molecular weight is 224 g/mol. The maximum atomic E-state index is 11.6. The largest absolute Gasteiger partial charge is 0.466 e. The van der Waals surface area contributed by atoms with Crippen LogP contribution in [0.25, 0.3) is 0 Å². The first-order valence-electron chi connectivity index (χ1n) is 5.34. The van der Waals surface area contributed by atoms with Crippen molar-refractivity contribution < 1.29 is 23.8 Å². The summed E-state index contributed by atoms with van der Waals surface area (Å²) in [6.45, 7) is 0.626. The van der Waals surface area contributed by atoms with E-state index in [9.17, 15) is 9.59 Å². The lowest BCUT2D eigenvalue weighted by atomic mass is 9.74. The van der Waals surface area contributed by atoms with E-state index in [1.807, 2.05) is 0 Å². The molecule has 0 radical (unpaired) electrons. The second kappa shape index (κ2) is 3.31. The van der Waals surface area contributed by atoms with Crippen LogP contribution in [0.4, 0.5) is 0 Å². The van der Waals surface area contributed by atoms with Gasteiger partial charge in [-0.1, -0.05) is 6.08 Å². The Bertz CT molecular complexity index is 386. The lowest BCUT2D eigenvalue weighted by Gasteiger charge is -2.41. The van der Waals surface area contributed by atoms with Crippen molar-refractivity contribution >= 4 is 11.9 Å². The zero-order valence-corrected chi connectivity index (χ0v) is 8.84. The molecule has 2 bridgehead atoms. The van der Waals surface area contributed by atoms with E-state index in [1.165, 1.54) is 7.11 Å². The Hall–Kier alpha value is -1.36. The molecule has 0 N–H and O–H groups in total. The molecule has 4 atom stereocenters. The molecule has 0 unspecified atom stereocenters. The smallest absolute Gasteiger partial charge is 0.337 e. The molecule has 4 aliphatic rings. The molecule has 16 heavy (non-hydrogen) atoms. The highest BCUT2D eigenvalue weighted by Gasteiger charge is 2.54. The number of rotatable bonds is 1. The van der Waals surface area contributed by atoms with Crippen molar-refractivity contribution in [3.8, 4) is 0 Å².